The highest BCUT2D eigenvalue weighted by Gasteiger charge is 2.38. The largest absolute Gasteiger partial charge is 0.425 e. The van der Waals surface area contributed by atoms with E-state index in [0.717, 1.165) is 58.0 Å². The minimum Gasteiger partial charge on any atom is -0.334 e. The van der Waals surface area contributed by atoms with E-state index in [-0.39, 0.29) is 12.1 Å². The van der Waals surface area contributed by atoms with E-state index >= 15 is 0 Å². The van der Waals surface area contributed by atoms with E-state index in [1.54, 1.807) is 11.3 Å². The third kappa shape index (κ3) is 3.79. The molecule has 2 aliphatic rings. The molecular formula is C19H22F3N3OS2. The van der Waals surface area contributed by atoms with Crippen molar-refractivity contribution in [3.05, 3.63) is 36.9 Å². The van der Waals surface area contributed by atoms with Gasteiger partial charge in [0.25, 0.3) is 0 Å². The standard InChI is InChI=1S/C19H22F3N3OS2/c1-10-11-4-2-3-5-14(11)28-17(10)25-18(26)24-8-13-12-6-7-23-9-15(12)27-16(13)19(20,21)22/h23H,2-9H2,1H3,(H2,24,25,26). The van der Waals surface area contributed by atoms with E-state index in [2.05, 4.69) is 16.0 Å². The van der Waals surface area contributed by atoms with Gasteiger partial charge in [0.15, 0.2) is 0 Å². The number of carbonyl (C=O) groups is 1. The van der Waals surface area contributed by atoms with Gasteiger partial charge in [-0.3, -0.25) is 5.32 Å². The van der Waals surface area contributed by atoms with Crippen molar-refractivity contribution < 1.29 is 18.0 Å². The minimum absolute atomic E-state index is 0.114. The van der Waals surface area contributed by atoms with Crippen LogP contribution in [0.2, 0.25) is 0 Å². The molecule has 3 heterocycles. The molecule has 0 spiro atoms. The van der Waals surface area contributed by atoms with Crippen molar-refractivity contribution >= 4 is 33.7 Å². The van der Waals surface area contributed by atoms with Gasteiger partial charge in [-0.15, -0.1) is 22.7 Å². The van der Waals surface area contributed by atoms with Crippen molar-refractivity contribution in [1.82, 2.24) is 10.6 Å². The molecule has 0 saturated heterocycles. The number of halogens is 3. The van der Waals surface area contributed by atoms with Gasteiger partial charge >= 0.3 is 12.2 Å². The summed E-state index contributed by atoms with van der Waals surface area (Å²) in [6.07, 6.45) is 0.542. The summed E-state index contributed by atoms with van der Waals surface area (Å²) in [6, 6.07) is -0.455. The number of hydrogen-bond acceptors (Lipinski definition) is 4. The number of nitrogens with one attached hydrogen (secondary N) is 3. The number of amides is 2. The lowest BCUT2D eigenvalue weighted by Crippen LogP contribution is -2.30. The molecule has 152 valence electrons. The zero-order valence-electron chi connectivity index (χ0n) is 15.5. The molecule has 0 radical (unpaired) electrons. The van der Waals surface area contributed by atoms with Gasteiger partial charge in [0.2, 0.25) is 0 Å². The normalized spacial score (nSPS) is 16.4. The topological polar surface area (TPSA) is 53.2 Å². The Labute approximate surface area is 169 Å². The summed E-state index contributed by atoms with van der Waals surface area (Å²) in [5.74, 6) is 0. The highest BCUT2D eigenvalue weighted by Crippen LogP contribution is 2.42. The Morgan fingerprint density at radius 2 is 1.89 bits per heavy atom. The number of alkyl halides is 3. The molecule has 0 saturated carbocycles. The zero-order valence-corrected chi connectivity index (χ0v) is 17.1. The van der Waals surface area contributed by atoms with Gasteiger partial charge in [-0.1, -0.05) is 0 Å². The Hall–Kier alpha value is -1.58. The van der Waals surface area contributed by atoms with E-state index in [0.29, 0.717) is 19.5 Å². The van der Waals surface area contributed by atoms with Gasteiger partial charge in [-0.25, -0.2) is 4.79 Å². The van der Waals surface area contributed by atoms with Crippen LogP contribution in [0.5, 0.6) is 0 Å². The molecule has 4 rings (SSSR count). The SMILES string of the molecule is Cc1c(NC(=O)NCc2c(C(F)(F)F)sc3c2CCNC3)sc2c1CCCC2. The third-order valence-corrected chi connectivity index (χ3v) is 8.01. The van der Waals surface area contributed by atoms with Crippen LogP contribution in [0.3, 0.4) is 0 Å². The van der Waals surface area contributed by atoms with Crippen LogP contribution in [0, 0.1) is 6.92 Å². The Balaban J connectivity index is 1.48. The van der Waals surface area contributed by atoms with Crippen molar-refractivity contribution in [2.24, 2.45) is 0 Å². The van der Waals surface area contributed by atoms with E-state index in [1.807, 2.05) is 6.92 Å². The number of urea groups is 1. The Morgan fingerprint density at radius 1 is 1.11 bits per heavy atom. The second-order valence-electron chi connectivity index (χ2n) is 7.21. The Bertz CT molecular complexity index is 901. The predicted octanol–water partition coefficient (Wildman–Crippen LogP) is 4.98. The van der Waals surface area contributed by atoms with E-state index in [9.17, 15) is 18.0 Å². The van der Waals surface area contributed by atoms with Gasteiger partial charge in [-0.05, 0) is 67.8 Å². The maximum Gasteiger partial charge on any atom is 0.425 e. The van der Waals surface area contributed by atoms with Crippen molar-refractivity contribution in [2.75, 3.05) is 11.9 Å². The smallest absolute Gasteiger partial charge is 0.334 e. The fourth-order valence-corrected chi connectivity index (χ4v) is 6.47. The molecule has 4 nitrogen and oxygen atoms in total. The average molecular weight is 430 g/mol. The van der Waals surface area contributed by atoms with Gasteiger partial charge < -0.3 is 10.6 Å². The molecule has 0 fully saturated rings. The van der Waals surface area contributed by atoms with Crippen molar-refractivity contribution in [3.8, 4) is 0 Å². The monoisotopic (exact) mass is 429 g/mol. The number of aryl methyl sites for hydroxylation is 1. The van der Waals surface area contributed by atoms with Crippen LogP contribution >= 0.6 is 22.7 Å². The number of anilines is 1. The molecule has 9 heteroatoms. The van der Waals surface area contributed by atoms with Crippen molar-refractivity contribution in [1.29, 1.82) is 0 Å². The van der Waals surface area contributed by atoms with E-state index in [1.165, 1.54) is 10.4 Å². The summed E-state index contributed by atoms with van der Waals surface area (Å²) in [4.78, 5) is 13.8. The van der Waals surface area contributed by atoms with Gasteiger partial charge in [-0.2, -0.15) is 13.2 Å². The van der Waals surface area contributed by atoms with Gasteiger partial charge in [0.1, 0.15) is 4.88 Å². The highest BCUT2D eigenvalue weighted by atomic mass is 32.1. The fraction of sp³-hybridized carbons (Fsp3) is 0.526. The number of hydrogen-bond donors (Lipinski definition) is 3. The number of thiophene rings is 2. The second kappa shape index (κ2) is 7.68. The Kier molecular flexibility index (Phi) is 5.41. The summed E-state index contributed by atoms with van der Waals surface area (Å²) in [5.41, 5.74) is 3.36. The molecule has 2 aromatic heterocycles. The first-order valence-corrected chi connectivity index (χ1v) is 11.0. The van der Waals surface area contributed by atoms with Crippen molar-refractivity contribution in [2.45, 2.75) is 58.3 Å². The second-order valence-corrected chi connectivity index (χ2v) is 9.42. The first kappa shape index (κ1) is 19.7. The molecular weight excluding hydrogens is 407 g/mol. The van der Waals surface area contributed by atoms with Crippen LogP contribution in [0.25, 0.3) is 0 Å². The maximum atomic E-state index is 13.5. The van der Waals surface area contributed by atoms with Gasteiger partial charge in [0.05, 0.1) is 5.00 Å². The maximum absolute atomic E-state index is 13.5. The molecule has 1 aliphatic heterocycles. The lowest BCUT2D eigenvalue weighted by Gasteiger charge is -2.15. The minimum atomic E-state index is -4.40. The van der Waals surface area contributed by atoms with Crippen LogP contribution in [0.1, 0.15) is 49.7 Å². The summed E-state index contributed by atoms with van der Waals surface area (Å²) in [5, 5.41) is 9.40. The zero-order chi connectivity index (χ0) is 19.9. The molecule has 2 amide bonds. The molecule has 0 aromatic carbocycles. The van der Waals surface area contributed by atoms with Crippen LogP contribution in [-0.4, -0.2) is 12.6 Å². The van der Waals surface area contributed by atoms with Gasteiger partial charge in [0, 0.05) is 22.8 Å². The summed E-state index contributed by atoms with van der Waals surface area (Å²) >= 11 is 2.37. The predicted molar refractivity (Wildman–Crippen MR) is 106 cm³/mol. The lowest BCUT2D eigenvalue weighted by atomic mass is 9.96. The number of rotatable bonds is 3. The summed E-state index contributed by atoms with van der Waals surface area (Å²) in [6.45, 7) is 2.99. The number of carbonyl (C=O) groups excluding carboxylic acids is 1. The molecule has 2 aromatic rings. The van der Waals surface area contributed by atoms with Crippen LogP contribution in [-0.2, 0) is 38.5 Å². The molecule has 3 N–H and O–H groups in total. The van der Waals surface area contributed by atoms with E-state index < -0.39 is 17.1 Å². The molecule has 28 heavy (non-hydrogen) atoms. The summed E-state index contributed by atoms with van der Waals surface area (Å²) < 4.78 is 40.4. The van der Waals surface area contributed by atoms with E-state index in [4.69, 9.17) is 0 Å². The molecule has 1 aliphatic carbocycles. The Morgan fingerprint density at radius 3 is 2.64 bits per heavy atom. The van der Waals surface area contributed by atoms with Crippen LogP contribution in [0.15, 0.2) is 0 Å². The van der Waals surface area contributed by atoms with Crippen LogP contribution < -0.4 is 16.0 Å². The highest BCUT2D eigenvalue weighted by molar-refractivity contribution is 7.16. The van der Waals surface area contributed by atoms with Crippen LogP contribution in [0.4, 0.5) is 23.0 Å². The first-order chi connectivity index (χ1) is 13.3. The first-order valence-electron chi connectivity index (χ1n) is 9.42. The van der Waals surface area contributed by atoms with Crippen molar-refractivity contribution in [3.63, 3.8) is 0 Å². The molecule has 0 unspecified atom stereocenters. The molecule has 0 atom stereocenters. The average Bonchev–Trinajstić information content (AvgIpc) is 3.19. The molecule has 0 bridgehead atoms. The summed E-state index contributed by atoms with van der Waals surface area (Å²) in [7, 11) is 0. The quantitative estimate of drug-likeness (QED) is 0.644. The number of fused-ring (bicyclic) bond motifs is 2. The lowest BCUT2D eigenvalue weighted by molar-refractivity contribution is -0.135. The third-order valence-electron chi connectivity index (χ3n) is 5.38. The fourth-order valence-electron chi connectivity index (χ4n) is 3.97.